The van der Waals surface area contributed by atoms with Gasteiger partial charge in [-0.05, 0) is 104 Å². The van der Waals surface area contributed by atoms with Gasteiger partial charge < -0.3 is 9.47 Å². The van der Waals surface area contributed by atoms with Gasteiger partial charge in [-0.25, -0.2) is 4.79 Å². The van der Waals surface area contributed by atoms with E-state index in [1.807, 2.05) is 0 Å². The second-order valence-electron chi connectivity index (χ2n) is 18.3. The fraction of sp³-hybridized carbons (Fsp3) is 0.875. The maximum absolute atomic E-state index is 14.1. The molecular weight excluding hydrogens is 649 g/mol. The van der Waals surface area contributed by atoms with Gasteiger partial charge in [0.2, 0.25) is 0 Å². The van der Waals surface area contributed by atoms with E-state index >= 15 is 0 Å². The van der Waals surface area contributed by atoms with E-state index in [1.165, 1.54) is 57.4 Å². The number of nitrogens with one attached hydrogen (secondary N) is 2. The van der Waals surface area contributed by atoms with Crippen LogP contribution < -0.4 is 10.2 Å². The number of hydrogen-bond donors (Lipinski definition) is 2. The second-order valence-corrected chi connectivity index (χ2v) is 20.7. The van der Waals surface area contributed by atoms with Crippen LogP contribution in [0.2, 0.25) is 0 Å². The number of hydrogen-bond acceptors (Lipinski definition) is 9. The topological polar surface area (TPSA) is 106 Å². The summed E-state index contributed by atoms with van der Waals surface area (Å²) in [6, 6.07) is -0.532. The standard InChI is InChI=1S/C40H65N3O6P/c1-25(2)10-9-11-26(3)31-16-17-32-30-15-14-28-22-29(18-20-39(28,5)33(30)19-21-40(31,32)6)48-38(46)36(24-47-27(4)44)43-23-37(45)49-50(43)41-34-12-7-8-13-35(34)42-50/h14,25-26,29-36,41-42H,7-13,15-24H2,1-6H3/q+1/t26-,29+,30?,31-,32?,33?,34?,35?,36?,39+,40-,50?/m1/s1. The molecule has 0 aromatic rings. The van der Waals surface area contributed by atoms with Crippen molar-refractivity contribution >= 4 is 25.8 Å². The van der Waals surface area contributed by atoms with E-state index < -0.39 is 25.9 Å². The van der Waals surface area contributed by atoms with Crippen LogP contribution in [0.1, 0.15) is 138 Å². The van der Waals surface area contributed by atoms with Gasteiger partial charge in [-0.2, -0.15) is 0 Å². The normalized spacial score (nSPS) is 42.2. The largest absolute Gasteiger partial charge is 0.463 e. The molecule has 5 aliphatic carbocycles. The lowest BCUT2D eigenvalue weighted by Gasteiger charge is -2.58. The molecule has 2 saturated heterocycles. The summed E-state index contributed by atoms with van der Waals surface area (Å²) in [6.45, 7) is 13.6. The zero-order chi connectivity index (χ0) is 35.4. The average Bonchev–Trinajstić information content (AvgIpc) is 3.71. The molecule has 6 unspecified atom stereocenters. The van der Waals surface area contributed by atoms with E-state index in [0.717, 1.165) is 81.0 Å². The first kappa shape index (κ1) is 36.8. The van der Waals surface area contributed by atoms with Crippen LogP contribution in [-0.4, -0.2) is 60.0 Å². The third kappa shape index (κ3) is 6.73. The van der Waals surface area contributed by atoms with Crippen LogP contribution in [0.3, 0.4) is 0 Å². The Morgan fingerprint density at radius 3 is 2.44 bits per heavy atom. The van der Waals surface area contributed by atoms with Crippen molar-refractivity contribution in [2.45, 2.75) is 162 Å². The first-order valence-corrected chi connectivity index (χ1v) is 22.0. The molecule has 2 heterocycles. The Kier molecular flexibility index (Phi) is 10.6. The lowest BCUT2D eigenvalue weighted by Crippen LogP contribution is -2.51. The molecule has 4 saturated carbocycles. The SMILES string of the molecule is CC(=O)OCC(C(=O)O[C@H]1CC[C@@]2(C)C(=CCC3C2CC[C@@]2(C)C3CC[C@@H]2[C@H](C)CCCC(C)C)C1)N1CC(=O)O[P+]12NC1CCCCC1N2. The Labute approximate surface area is 301 Å². The van der Waals surface area contributed by atoms with Crippen LogP contribution in [-0.2, 0) is 28.4 Å². The molecule has 7 aliphatic rings. The third-order valence-corrected chi connectivity index (χ3v) is 17.9. The second kappa shape index (κ2) is 14.4. The van der Waals surface area contributed by atoms with Crippen LogP contribution in [0.4, 0.5) is 0 Å². The van der Waals surface area contributed by atoms with Crippen molar-refractivity contribution in [2.75, 3.05) is 13.2 Å². The minimum atomic E-state index is -2.80. The molecule has 9 nitrogen and oxygen atoms in total. The minimum Gasteiger partial charge on any atom is -0.463 e. The molecule has 7 rings (SSSR count). The Morgan fingerprint density at radius 2 is 1.74 bits per heavy atom. The number of nitrogens with zero attached hydrogens (tertiary/aromatic N) is 1. The summed E-state index contributed by atoms with van der Waals surface area (Å²) in [5.41, 5.74) is 2.10. The quantitative estimate of drug-likeness (QED) is 0.133. The number of ether oxygens (including phenoxy) is 2. The van der Waals surface area contributed by atoms with Gasteiger partial charge in [-0.3, -0.25) is 14.1 Å². The van der Waals surface area contributed by atoms with Crippen molar-refractivity contribution in [1.82, 2.24) is 14.8 Å². The van der Waals surface area contributed by atoms with E-state index in [-0.39, 0.29) is 42.7 Å². The highest BCUT2D eigenvalue weighted by molar-refractivity contribution is 7.66. The fourth-order valence-electron chi connectivity index (χ4n) is 12.4. The van der Waals surface area contributed by atoms with Crippen LogP contribution in [0.5, 0.6) is 0 Å². The first-order chi connectivity index (χ1) is 23.8. The molecule has 50 heavy (non-hydrogen) atoms. The number of rotatable bonds is 10. The highest BCUT2D eigenvalue weighted by Gasteiger charge is 2.68. The van der Waals surface area contributed by atoms with Crippen LogP contribution in [0.25, 0.3) is 0 Å². The molecule has 0 bridgehead atoms. The molecule has 0 amide bonds. The molecule has 1 spiro atoms. The highest BCUT2D eigenvalue weighted by atomic mass is 31.2. The summed E-state index contributed by atoms with van der Waals surface area (Å²) >= 11 is 0. The number of carbonyl (C=O) groups excluding carboxylic acids is 3. The van der Waals surface area contributed by atoms with Crippen LogP contribution in [0, 0.1) is 46.3 Å². The molecule has 280 valence electrons. The lowest BCUT2D eigenvalue weighted by atomic mass is 9.47. The number of esters is 2. The first-order valence-electron chi connectivity index (χ1n) is 20.3. The van der Waals surface area contributed by atoms with Crippen molar-refractivity contribution in [2.24, 2.45) is 46.3 Å². The number of allylic oxidation sites excluding steroid dienone is 1. The Hall–Kier alpha value is -1.54. The van der Waals surface area contributed by atoms with Gasteiger partial charge in [-0.15, -0.1) is 10.2 Å². The van der Waals surface area contributed by atoms with Crippen molar-refractivity contribution in [1.29, 1.82) is 0 Å². The zero-order valence-corrected chi connectivity index (χ0v) is 32.6. The smallest absolute Gasteiger partial charge is 0.419 e. The van der Waals surface area contributed by atoms with Crippen molar-refractivity contribution in [3.63, 3.8) is 0 Å². The summed E-state index contributed by atoms with van der Waals surface area (Å²) in [5.74, 6) is 3.46. The van der Waals surface area contributed by atoms with E-state index in [9.17, 15) is 14.4 Å². The molecule has 0 aromatic heterocycles. The highest BCUT2D eigenvalue weighted by Crippen LogP contribution is 2.68. The van der Waals surface area contributed by atoms with E-state index in [1.54, 1.807) is 4.67 Å². The van der Waals surface area contributed by atoms with Crippen molar-refractivity contribution < 1.29 is 28.4 Å². The Morgan fingerprint density at radius 1 is 1.00 bits per heavy atom. The predicted molar refractivity (Wildman–Crippen MR) is 195 cm³/mol. The maximum Gasteiger partial charge on any atom is 0.419 e. The molecule has 11 atom stereocenters. The molecular formula is C40H65N3O6P+. The van der Waals surface area contributed by atoms with Gasteiger partial charge in [0.25, 0.3) is 0 Å². The number of fused-ring (bicyclic) bond motifs is 6. The van der Waals surface area contributed by atoms with Gasteiger partial charge in [0.15, 0.2) is 6.04 Å². The lowest BCUT2D eigenvalue weighted by molar-refractivity contribution is -0.160. The van der Waals surface area contributed by atoms with Gasteiger partial charge in [0, 0.05) is 13.3 Å². The summed E-state index contributed by atoms with van der Waals surface area (Å²) in [7, 11) is -2.80. The molecule has 2 N–H and O–H groups in total. The summed E-state index contributed by atoms with van der Waals surface area (Å²) < 4.78 is 19.6. The predicted octanol–water partition coefficient (Wildman–Crippen LogP) is 7.91. The van der Waals surface area contributed by atoms with E-state index in [2.05, 4.69) is 50.9 Å². The van der Waals surface area contributed by atoms with Crippen molar-refractivity contribution in [3.8, 4) is 0 Å². The Balaban J connectivity index is 1.03. The van der Waals surface area contributed by atoms with Crippen LogP contribution in [0.15, 0.2) is 11.6 Å². The van der Waals surface area contributed by atoms with E-state index in [0.29, 0.717) is 11.3 Å². The molecule has 10 heteroatoms. The minimum absolute atomic E-state index is 0.0388. The third-order valence-electron chi connectivity index (χ3n) is 15.0. The average molecular weight is 715 g/mol. The molecule has 0 aromatic carbocycles. The Bertz CT molecular complexity index is 1330. The maximum atomic E-state index is 14.1. The molecule has 2 aliphatic heterocycles. The van der Waals surface area contributed by atoms with E-state index in [4.69, 9.17) is 14.0 Å². The summed E-state index contributed by atoms with van der Waals surface area (Å²) in [6.07, 6.45) is 19.9. The molecule has 6 fully saturated rings. The van der Waals surface area contributed by atoms with Gasteiger partial charge in [0.1, 0.15) is 19.3 Å². The van der Waals surface area contributed by atoms with Gasteiger partial charge in [0.05, 0.1) is 12.1 Å². The van der Waals surface area contributed by atoms with Gasteiger partial charge in [-0.1, -0.05) is 83.0 Å². The zero-order valence-electron chi connectivity index (χ0n) is 31.7. The van der Waals surface area contributed by atoms with Crippen LogP contribution >= 0.6 is 7.94 Å². The van der Waals surface area contributed by atoms with Gasteiger partial charge >= 0.3 is 25.8 Å². The fourth-order valence-corrected chi connectivity index (χ4v) is 15.7. The van der Waals surface area contributed by atoms with Crippen molar-refractivity contribution in [3.05, 3.63) is 11.6 Å². The number of carbonyl (C=O) groups is 3. The summed E-state index contributed by atoms with van der Waals surface area (Å²) in [5, 5.41) is 7.22. The monoisotopic (exact) mass is 714 g/mol. The molecule has 0 radical (unpaired) electrons. The summed E-state index contributed by atoms with van der Waals surface area (Å²) in [4.78, 5) is 38.9.